The van der Waals surface area contributed by atoms with Crippen molar-refractivity contribution in [1.29, 1.82) is 0 Å². The second-order valence-corrected chi connectivity index (χ2v) is 7.49. The molecule has 128 valence electrons. The van der Waals surface area contributed by atoms with Crippen LogP contribution < -0.4 is 0 Å². The lowest BCUT2D eigenvalue weighted by atomic mass is 10.0. The average Bonchev–Trinajstić information content (AvgIpc) is 3.15. The van der Waals surface area contributed by atoms with Gasteiger partial charge in [0.2, 0.25) is 5.91 Å². The van der Waals surface area contributed by atoms with Gasteiger partial charge in [-0.1, -0.05) is 11.6 Å². The molecule has 3 rings (SSSR count). The molecule has 2 atom stereocenters. The van der Waals surface area contributed by atoms with Crippen LogP contribution in [0.1, 0.15) is 33.1 Å². The summed E-state index contributed by atoms with van der Waals surface area (Å²) >= 11 is 5.92. The first kappa shape index (κ1) is 16.7. The molecule has 1 amide bonds. The molecule has 23 heavy (non-hydrogen) atoms. The van der Waals surface area contributed by atoms with E-state index < -0.39 is 5.54 Å². The van der Waals surface area contributed by atoms with Gasteiger partial charge < -0.3 is 10.0 Å². The monoisotopic (exact) mass is 340 g/mol. The van der Waals surface area contributed by atoms with Gasteiger partial charge in [-0.2, -0.15) is 5.10 Å². The summed E-state index contributed by atoms with van der Waals surface area (Å²) in [6.07, 6.45) is 6.09. The topological polar surface area (TPSA) is 61.6 Å². The standard InChI is InChI=1S/C16H25ClN4O2/c1-16(2,21-11-12(17)10-18-21)15(23)20-8-6-19(7-9-20)13-4-3-5-14(13)22/h10-11,13-14,22H,3-9H2,1-2H3/t13-,14-/m0/s1. The molecule has 0 aromatic carbocycles. The molecule has 1 N–H and O–H groups in total. The smallest absolute Gasteiger partial charge is 0.250 e. The lowest BCUT2D eigenvalue weighted by molar-refractivity contribution is -0.142. The van der Waals surface area contributed by atoms with Crippen LogP contribution in [0.5, 0.6) is 0 Å². The molecule has 2 aliphatic rings. The molecule has 7 heteroatoms. The Kier molecular flexibility index (Phi) is 4.67. The minimum atomic E-state index is -0.748. The van der Waals surface area contributed by atoms with Crippen molar-refractivity contribution >= 4 is 17.5 Å². The number of amides is 1. The maximum atomic E-state index is 12.9. The second-order valence-electron chi connectivity index (χ2n) is 7.06. The molecule has 1 aliphatic carbocycles. The van der Waals surface area contributed by atoms with Crippen LogP contribution in [0.4, 0.5) is 0 Å². The van der Waals surface area contributed by atoms with Crippen molar-refractivity contribution in [2.75, 3.05) is 26.2 Å². The Morgan fingerprint density at radius 3 is 2.52 bits per heavy atom. The van der Waals surface area contributed by atoms with Gasteiger partial charge in [0.05, 0.1) is 17.3 Å². The Labute approximate surface area is 142 Å². The van der Waals surface area contributed by atoms with E-state index in [1.54, 1.807) is 17.1 Å². The highest BCUT2D eigenvalue weighted by atomic mass is 35.5. The summed E-state index contributed by atoms with van der Waals surface area (Å²) in [4.78, 5) is 17.1. The summed E-state index contributed by atoms with van der Waals surface area (Å²) in [6.45, 7) is 6.77. The number of aliphatic hydroxyl groups excluding tert-OH is 1. The number of carbonyl (C=O) groups is 1. The fourth-order valence-electron chi connectivity index (χ4n) is 3.69. The van der Waals surface area contributed by atoms with Gasteiger partial charge in [-0.3, -0.25) is 14.4 Å². The van der Waals surface area contributed by atoms with Crippen LogP contribution in [-0.4, -0.2) is 68.9 Å². The van der Waals surface area contributed by atoms with E-state index in [-0.39, 0.29) is 18.1 Å². The van der Waals surface area contributed by atoms with E-state index in [0.29, 0.717) is 18.1 Å². The van der Waals surface area contributed by atoms with E-state index in [1.165, 1.54) is 0 Å². The number of carbonyl (C=O) groups excluding carboxylic acids is 1. The third-order valence-electron chi connectivity index (χ3n) is 5.16. The summed E-state index contributed by atoms with van der Waals surface area (Å²) in [5.74, 6) is 0.0592. The predicted octanol–water partition coefficient (Wildman–Crippen LogP) is 1.33. The van der Waals surface area contributed by atoms with Crippen molar-refractivity contribution in [3.8, 4) is 0 Å². The third-order valence-corrected chi connectivity index (χ3v) is 5.36. The van der Waals surface area contributed by atoms with E-state index in [4.69, 9.17) is 11.6 Å². The van der Waals surface area contributed by atoms with Crippen molar-refractivity contribution < 1.29 is 9.90 Å². The minimum absolute atomic E-state index is 0.0592. The van der Waals surface area contributed by atoms with Crippen molar-refractivity contribution in [2.24, 2.45) is 0 Å². The van der Waals surface area contributed by atoms with Gasteiger partial charge in [0.15, 0.2) is 0 Å². The molecular formula is C16H25ClN4O2. The zero-order chi connectivity index (χ0) is 16.6. The number of hydrogen-bond donors (Lipinski definition) is 1. The highest BCUT2D eigenvalue weighted by molar-refractivity contribution is 6.30. The number of rotatable bonds is 3. The van der Waals surface area contributed by atoms with Crippen LogP contribution in [-0.2, 0) is 10.3 Å². The minimum Gasteiger partial charge on any atom is -0.391 e. The van der Waals surface area contributed by atoms with E-state index in [0.717, 1.165) is 32.4 Å². The summed E-state index contributed by atoms with van der Waals surface area (Å²) in [5.41, 5.74) is -0.748. The molecule has 1 aromatic heterocycles. The molecule has 1 aliphatic heterocycles. The van der Waals surface area contributed by atoms with E-state index >= 15 is 0 Å². The zero-order valence-electron chi connectivity index (χ0n) is 13.8. The Morgan fingerprint density at radius 2 is 2.00 bits per heavy atom. The van der Waals surface area contributed by atoms with Gasteiger partial charge >= 0.3 is 0 Å². The number of hydrogen-bond acceptors (Lipinski definition) is 4. The van der Waals surface area contributed by atoms with Crippen LogP contribution >= 0.6 is 11.6 Å². The van der Waals surface area contributed by atoms with Gasteiger partial charge in [0, 0.05) is 38.4 Å². The zero-order valence-corrected chi connectivity index (χ0v) is 14.5. The number of nitrogens with zero attached hydrogens (tertiary/aromatic N) is 4. The summed E-state index contributed by atoms with van der Waals surface area (Å²) < 4.78 is 1.63. The van der Waals surface area contributed by atoms with Crippen LogP contribution in [0, 0.1) is 0 Å². The second kappa shape index (κ2) is 6.42. The van der Waals surface area contributed by atoms with Gasteiger partial charge in [0.25, 0.3) is 0 Å². The first-order chi connectivity index (χ1) is 10.9. The SMILES string of the molecule is CC(C)(C(=O)N1CCN([C@H]2CCC[C@@H]2O)CC1)n1cc(Cl)cn1. The molecule has 2 fully saturated rings. The molecule has 2 heterocycles. The molecular weight excluding hydrogens is 316 g/mol. The summed E-state index contributed by atoms with van der Waals surface area (Å²) in [6, 6.07) is 0.269. The van der Waals surface area contributed by atoms with Crippen molar-refractivity contribution in [3.63, 3.8) is 0 Å². The van der Waals surface area contributed by atoms with Crippen molar-refractivity contribution in [3.05, 3.63) is 17.4 Å². The van der Waals surface area contributed by atoms with Gasteiger partial charge in [-0.15, -0.1) is 0 Å². The number of halogens is 1. The van der Waals surface area contributed by atoms with Crippen LogP contribution in [0.15, 0.2) is 12.4 Å². The first-order valence-corrected chi connectivity index (χ1v) is 8.69. The molecule has 1 saturated carbocycles. The largest absolute Gasteiger partial charge is 0.391 e. The normalized spacial score (nSPS) is 26.7. The molecule has 0 unspecified atom stereocenters. The Balaban J connectivity index is 1.61. The van der Waals surface area contributed by atoms with Crippen molar-refractivity contribution in [2.45, 2.75) is 50.8 Å². The van der Waals surface area contributed by atoms with Gasteiger partial charge in [-0.25, -0.2) is 0 Å². The number of aromatic nitrogens is 2. The molecule has 0 radical (unpaired) electrons. The van der Waals surface area contributed by atoms with Gasteiger partial charge in [-0.05, 0) is 33.1 Å². The van der Waals surface area contributed by atoms with E-state index in [1.807, 2.05) is 18.7 Å². The van der Waals surface area contributed by atoms with Crippen LogP contribution in [0.25, 0.3) is 0 Å². The highest BCUT2D eigenvalue weighted by Gasteiger charge is 2.38. The maximum absolute atomic E-state index is 12.9. The average molecular weight is 341 g/mol. The molecule has 0 bridgehead atoms. The fourth-order valence-corrected chi connectivity index (χ4v) is 3.83. The molecule has 1 saturated heterocycles. The Morgan fingerprint density at radius 1 is 1.30 bits per heavy atom. The van der Waals surface area contributed by atoms with Crippen molar-refractivity contribution in [1.82, 2.24) is 19.6 Å². The quantitative estimate of drug-likeness (QED) is 0.901. The van der Waals surface area contributed by atoms with Crippen LogP contribution in [0.3, 0.4) is 0 Å². The van der Waals surface area contributed by atoms with E-state index in [2.05, 4.69) is 10.00 Å². The third kappa shape index (κ3) is 3.25. The maximum Gasteiger partial charge on any atom is 0.250 e. The molecule has 6 nitrogen and oxygen atoms in total. The number of aliphatic hydroxyl groups is 1. The summed E-state index contributed by atoms with van der Waals surface area (Å²) in [7, 11) is 0. The fraction of sp³-hybridized carbons (Fsp3) is 0.750. The lowest BCUT2D eigenvalue weighted by Crippen LogP contribution is -2.57. The number of piperazine rings is 1. The van der Waals surface area contributed by atoms with E-state index in [9.17, 15) is 9.90 Å². The first-order valence-electron chi connectivity index (χ1n) is 8.32. The summed E-state index contributed by atoms with van der Waals surface area (Å²) in [5, 5.41) is 14.8. The Bertz CT molecular complexity index is 566. The van der Waals surface area contributed by atoms with Crippen LogP contribution in [0.2, 0.25) is 5.02 Å². The Hall–Kier alpha value is -1.11. The molecule has 0 spiro atoms. The molecule has 1 aromatic rings. The lowest BCUT2D eigenvalue weighted by Gasteiger charge is -2.41. The highest BCUT2D eigenvalue weighted by Crippen LogP contribution is 2.26. The predicted molar refractivity (Wildman–Crippen MR) is 88.4 cm³/mol. The van der Waals surface area contributed by atoms with Gasteiger partial charge in [0.1, 0.15) is 5.54 Å².